The molecule has 4 nitrogen and oxygen atoms in total. The molecule has 0 aliphatic carbocycles. The van der Waals surface area contributed by atoms with Crippen molar-refractivity contribution in [1.29, 1.82) is 0 Å². The van der Waals surface area contributed by atoms with E-state index in [-0.39, 0.29) is 36.1 Å². The van der Waals surface area contributed by atoms with E-state index in [0.29, 0.717) is 6.54 Å². The lowest BCUT2D eigenvalue weighted by atomic mass is 10.1. The summed E-state index contributed by atoms with van der Waals surface area (Å²) in [6, 6.07) is 7.03. The van der Waals surface area contributed by atoms with Crippen molar-refractivity contribution in [1.82, 2.24) is 9.47 Å². The summed E-state index contributed by atoms with van der Waals surface area (Å²) in [5, 5.41) is 0. The summed E-state index contributed by atoms with van der Waals surface area (Å²) in [7, 11) is 1.95. The third kappa shape index (κ3) is 3.62. The van der Waals surface area contributed by atoms with Gasteiger partial charge >= 0.3 is 0 Å². The van der Waals surface area contributed by atoms with Crippen LogP contribution in [0.4, 0.5) is 8.78 Å². The van der Waals surface area contributed by atoms with E-state index in [2.05, 4.69) is 0 Å². The fourth-order valence-electron chi connectivity index (χ4n) is 3.37. The molecule has 1 saturated heterocycles. The average Bonchev–Trinajstić information content (AvgIpc) is 3.23. The lowest BCUT2D eigenvalue weighted by Gasteiger charge is -2.25. The van der Waals surface area contributed by atoms with Crippen molar-refractivity contribution >= 4 is 11.7 Å². The summed E-state index contributed by atoms with van der Waals surface area (Å²) < 4.78 is 28.2. The number of nitrogens with zero attached hydrogens (tertiary/aromatic N) is 2. The zero-order valence-corrected chi connectivity index (χ0v) is 14.0. The molecule has 25 heavy (non-hydrogen) atoms. The molecule has 0 bridgehead atoms. The number of benzene rings is 1. The smallest absolute Gasteiger partial charge is 0.223 e. The lowest BCUT2D eigenvalue weighted by Crippen LogP contribution is -2.31. The molecule has 1 aliphatic rings. The predicted octanol–water partition coefficient (Wildman–Crippen LogP) is 3.63. The lowest BCUT2D eigenvalue weighted by molar-refractivity contribution is -0.132. The summed E-state index contributed by atoms with van der Waals surface area (Å²) in [5.74, 6) is -2.49. The fourth-order valence-corrected chi connectivity index (χ4v) is 3.37. The molecule has 2 heterocycles. The number of amides is 1. The van der Waals surface area contributed by atoms with Crippen LogP contribution in [0.1, 0.15) is 47.8 Å². The highest BCUT2D eigenvalue weighted by molar-refractivity contribution is 5.98. The van der Waals surface area contributed by atoms with E-state index in [1.165, 1.54) is 6.07 Å². The normalized spacial score (nSPS) is 17.1. The summed E-state index contributed by atoms with van der Waals surface area (Å²) in [6.07, 6.45) is 3.83. The van der Waals surface area contributed by atoms with Gasteiger partial charge in [0.1, 0.15) is 0 Å². The number of ketones is 1. The summed E-state index contributed by atoms with van der Waals surface area (Å²) >= 11 is 0. The van der Waals surface area contributed by atoms with Gasteiger partial charge in [-0.15, -0.1) is 0 Å². The largest absolute Gasteiger partial charge is 0.353 e. The van der Waals surface area contributed by atoms with Gasteiger partial charge in [0.05, 0.1) is 6.04 Å². The minimum atomic E-state index is -1.06. The second-order valence-electron chi connectivity index (χ2n) is 6.34. The van der Waals surface area contributed by atoms with Crippen LogP contribution >= 0.6 is 0 Å². The number of halogens is 2. The maximum absolute atomic E-state index is 13.2. The van der Waals surface area contributed by atoms with Crippen LogP contribution in [0.25, 0.3) is 0 Å². The van der Waals surface area contributed by atoms with Gasteiger partial charge in [-0.2, -0.15) is 0 Å². The molecular weight excluding hydrogens is 326 g/mol. The Morgan fingerprint density at radius 3 is 2.64 bits per heavy atom. The first-order chi connectivity index (χ1) is 12.0. The van der Waals surface area contributed by atoms with Gasteiger partial charge in [-0.25, -0.2) is 8.78 Å². The number of hydrogen-bond acceptors (Lipinski definition) is 2. The van der Waals surface area contributed by atoms with E-state index in [9.17, 15) is 18.4 Å². The number of carbonyl (C=O) groups excluding carboxylic acids is 2. The molecule has 0 spiro atoms. The van der Waals surface area contributed by atoms with Crippen molar-refractivity contribution in [2.45, 2.75) is 31.7 Å². The number of carbonyl (C=O) groups is 2. The zero-order valence-electron chi connectivity index (χ0n) is 14.0. The number of rotatable bonds is 5. The number of Topliss-reactive ketones (excluding diaryl/α,β-unsaturated/α-hetero) is 1. The minimum Gasteiger partial charge on any atom is -0.353 e. The van der Waals surface area contributed by atoms with Gasteiger partial charge in [-0.3, -0.25) is 9.59 Å². The standard InChI is InChI=1S/C19H20F2N2O2/c1-22-10-2-4-16(22)17-5-3-11-23(17)19(25)9-8-18(24)13-6-7-14(20)15(21)12-13/h2,4,6-7,10,12,17H,3,5,8-9,11H2,1H3/t17-/m1/s1. The quantitative estimate of drug-likeness (QED) is 0.776. The van der Waals surface area contributed by atoms with Crippen molar-refractivity contribution in [3.8, 4) is 0 Å². The van der Waals surface area contributed by atoms with Gasteiger partial charge < -0.3 is 9.47 Å². The maximum atomic E-state index is 13.2. The van der Waals surface area contributed by atoms with Crippen molar-refractivity contribution in [2.24, 2.45) is 7.05 Å². The third-order valence-corrected chi connectivity index (χ3v) is 4.71. The van der Waals surface area contributed by atoms with Gasteiger partial charge in [0.25, 0.3) is 0 Å². The summed E-state index contributed by atoms with van der Waals surface area (Å²) in [6.45, 7) is 0.675. The number of aryl methyl sites for hydroxylation is 1. The Bertz CT molecular complexity index is 800. The first kappa shape index (κ1) is 17.3. The van der Waals surface area contributed by atoms with Crippen LogP contribution in [-0.4, -0.2) is 27.7 Å². The van der Waals surface area contributed by atoms with Gasteiger partial charge in [-0.05, 0) is 43.2 Å². The molecule has 132 valence electrons. The molecule has 1 amide bonds. The number of aromatic nitrogens is 1. The Balaban J connectivity index is 1.63. The molecule has 0 saturated carbocycles. The zero-order chi connectivity index (χ0) is 18.0. The molecule has 3 rings (SSSR count). The molecule has 0 N–H and O–H groups in total. The highest BCUT2D eigenvalue weighted by Crippen LogP contribution is 2.32. The van der Waals surface area contributed by atoms with E-state index < -0.39 is 11.6 Å². The van der Waals surface area contributed by atoms with Crippen molar-refractivity contribution in [2.75, 3.05) is 6.54 Å². The summed E-state index contributed by atoms with van der Waals surface area (Å²) in [4.78, 5) is 26.5. The predicted molar refractivity (Wildman–Crippen MR) is 89.0 cm³/mol. The monoisotopic (exact) mass is 346 g/mol. The molecule has 0 radical (unpaired) electrons. The molecule has 2 aromatic rings. The van der Waals surface area contributed by atoms with Crippen molar-refractivity contribution in [3.63, 3.8) is 0 Å². The van der Waals surface area contributed by atoms with Gasteiger partial charge in [-0.1, -0.05) is 0 Å². The van der Waals surface area contributed by atoms with Crippen molar-refractivity contribution < 1.29 is 18.4 Å². The van der Waals surface area contributed by atoms with E-state index >= 15 is 0 Å². The van der Waals surface area contributed by atoms with Crippen LogP contribution in [-0.2, 0) is 11.8 Å². The minimum absolute atomic E-state index is 0.0136. The topological polar surface area (TPSA) is 42.3 Å². The SMILES string of the molecule is Cn1cccc1[C@H]1CCCN1C(=O)CCC(=O)c1ccc(F)c(F)c1. The average molecular weight is 346 g/mol. The Kier molecular flexibility index (Phi) is 4.97. The molecular formula is C19H20F2N2O2. The van der Waals surface area contributed by atoms with E-state index in [1.807, 2.05) is 34.8 Å². The van der Waals surface area contributed by atoms with Gasteiger partial charge in [0.15, 0.2) is 17.4 Å². The maximum Gasteiger partial charge on any atom is 0.223 e. The van der Waals surface area contributed by atoms with Crippen LogP contribution in [0.5, 0.6) is 0 Å². The van der Waals surface area contributed by atoms with E-state index in [0.717, 1.165) is 30.7 Å². The Morgan fingerprint density at radius 2 is 1.96 bits per heavy atom. The van der Waals surface area contributed by atoms with Crippen LogP contribution in [0, 0.1) is 11.6 Å². The van der Waals surface area contributed by atoms with Crippen LogP contribution < -0.4 is 0 Å². The molecule has 6 heteroatoms. The molecule has 1 aliphatic heterocycles. The summed E-state index contributed by atoms with van der Waals surface area (Å²) in [5.41, 5.74) is 1.17. The third-order valence-electron chi connectivity index (χ3n) is 4.71. The van der Waals surface area contributed by atoms with Crippen LogP contribution in [0.3, 0.4) is 0 Å². The van der Waals surface area contributed by atoms with Gasteiger partial charge in [0, 0.05) is 43.9 Å². The van der Waals surface area contributed by atoms with Crippen LogP contribution in [0.15, 0.2) is 36.5 Å². The van der Waals surface area contributed by atoms with Gasteiger partial charge in [0.2, 0.25) is 5.91 Å². The Morgan fingerprint density at radius 1 is 1.16 bits per heavy atom. The molecule has 0 unspecified atom stereocenters. The highest BCUT2D eigenvalue weighted by atomic mass is 19.2. The molecule has 1 atom stereocenters. The van der Waals surface area contributed by atoms with Crippen molar-refractivity contribution in [3.05, 3.63) is 59.4 Å². The number of hydrogen-bond donors (Lipinski definition) is 0. The van der Waals surface area contributed by atoms with Crippen LogP contribution in [0.2, 0.25) is 0 Å². The first-order valence-electron chi connectivity index (χ1n) is 8.36. The second-order valence-corrected chi connectivity index (χ2v) is 6.34. The number of likely N-dealkylation sites (tertiary alicyclic amines) is 1. The molecule has 1 fully saturated rings. The molecule has 1 aromatic heterocycles. The molecule has 1 aromatic carbocycles. The highest BCUT2D eigenvalue weighted by Gasteiger charge is 2.31. The van der Waals surface area contributed by atoms with E-state index in [1.54, 1.807) is 0 Å². The second kappa shape index (κ2) is 7.17. The Hall–Kier alpha value is -2.50. The van der Waals surface area contributed by atoms with E-state index in [4.69, 9.17) is 0 Å². The Labute approximate surface area is 145 Å². The fraction of sp³-hybridized carbons (Fsp3) is 0.368. The first-order valence-corrected chi connectivity index (χ1v) is 8.36.